The van der Waals surface area contributed by atoms with E-state index in [2.05, 4.69) is 21.2 Å². The Balaban J connectivity index is 1.74. The minimum absolute atomic E-state index is 0.223. The van der Waals surface area contributed by atoms with E-state index in [-0.39, 0.29) is 12.2 Å². The molecule has 2 aromatic carbocycles. The molecule has 0 aromatic heterocycles. The number of hydrogen-bond acceptors (Lipinski definition) is 3. The fourth-order valence-corrected chi connectivity index (χ4v) is 2.46. The van der Waals surface area contributed by atoms with E-state index in [0.29, 0.717) is 23.0 Å². The number of ether oxygens (including phenoxy) is 1. The average molecular weight is 404 g/mol. The van der Waals surface area contributed by atoms with Crippen LogP contribution in [0.15, 0.2) is 59.1 Å². The number of carboxylic acids is 1. The lowest BCUT2D eigenvalue weighted by molar-refractivity contribution is 0.0696. The molecule has 0 unspecified atom stereocenters. The van der Waals surface area contributed by atoms with E-state index >= 15 is 0 Å². The zero-order valence-electron chi connectivity index (χ0n) is 13.4. The van der Waals surface area contributed by atoms with Gasteiger partial charge in [0, 0.05) is 11.0 Å². The van der Waals surface area contributed by atoms with Crippen LogP contribution in [0.25, 0.3) is 6.08 Å². The molecule has 130 valence electrons. The highest BCUT2D eigenvalue weighted by molar-refractivity contribution is 9.10. The first-order valence-electron chi connectivity index (χ1n) is 7.70. The monoisotopic (exact) mass is 403 g/mol. The Kier molecular flexibility index (Phi) is 7.22. The van der Waals surface area contributed by atoms with Crippen LogP contribution in [0.5, 0.6) is 0 Å². The van der Waals surface area contributed by atoms with Gasteiger partial charge in [0.05, 0.1) is 5.56 Å². The normalized spacial score (nSPS) is 10.6. The molecule has 0 spiro atoms. The van der Waals surface area contributed by atoms with Crippen molar-refractivity contribution in [2.45, 2.75) is 13.0 Å². The lowest BCUT2D eigenvalue weighted by Crippen LogP contribution is -2.24. The molecule has 1 amide bonds. The van der Waals surface area contributed by atoms with Gasteiger partial charge in [0.2, 0.25) is 0 Å². The van der Waals surface area contributed by atoms with E-state index in [9.17, 15) is 14.7 Å². The summed E-state index contributed by atoms with van der Waals surface area (Å²) in [5.74, 6) is -0.983. The molecule has 0 aliphatic rings. The zero-order chi connectivity index (χ0) is 18.1. The van der Waals surface area contributed by atoms with Gasteiger partial charge in [-0.3, -0.25) is 0 Å². The number of carboxylic acid groups (broad SMARTS) is 1. The zero-order valence-corrected chi connectivity index (χ0v) is 15.0. The van der Waals surface area contributed by atoms with Crippen LogP contribution in [0.4, 0.5) is 4.79 Å². The lowest BCUT2D eigenvalue weighted by Gasteiger charge is -2.06. The average Bonchev–Trinajstić information content (AvgIpc) is 2.61. The highest BCUT2D eigenvalue weighted by atomic mass is 79.9. The third-order valence-corrected chi connectivity index (χ3v) is 3.83. The molecule has 2 aromatic rings. The van der Waals surface area contributed by atoms with Crippen LogP contribution in [0.3, 0.4) is 0 Å². The molecule has 6 heteroatoms. The number of rotatable bonds is 7. The number of alkyl carbamates (subject to hydrolysis) is 1. The second-order valence-corrected chi connectivity index (χ2v) is 6.13. The van der Waals surface area contributed by atoms with Crippen LogP contribution < -0.4 is 5.32 Å². The summed E-state index contributed by atoms with van der Waals surface area (Å²) in [5, 5.41) is 11.8. The third-order valence-electron chi connectivity index (χ3n) is 3.34. The van der Waals surface area contributed by atoms with Crippen molar-refractivity contribution >= 4 is 34.1 Å². The first-order valence-corrected chi connectivity index (χ1v) is 8.49. The Morgan fingerprint density at radius 3 is 2.64 bits per heavy atom. The highest BCUT2D eigenvalue weighted by Gasteiger charge is 2.08. The van der Waals surface area contributed by atoms with Gasteiger partial charge in [0.1, 0.15) is 6.61 Å². The maximum atomic E-state index is 11.6. The number of halogens is 1. The van der Waals surface area contributed by atoms with Crippen molar-refractivity contribution in [2.24, 2.45) is 0 Å². The molecule has 0 bridgehead atoms. The maximum absolute atomic E-state index is 11.6. The highest BCUT2D eigenvalue weighted by Crippen LogP contribution is 2.18. The molecular formula is C19H18BrNO4. The number of benzene rings is 2. The number of amides is 1. The van der Waals surface area contributed by atoms with Crippen molar-refractivity contribution in [1.82, 2.24) is 5.32 Å². The van der Waals surface area contributed by atoms with Crippen molar-refractivity contribution in [2.75, 3.05) is 6.54 Å². The van der Waals surface area contributed by atoms with E-state index in [1.807, 2.05) is 36.4 Å². The first-order chi connectivity index (χ1) is 12.1. The summed E-state index contributed by atoms with van der Waals surface area (Å²) in [6.45, 7) is 0.631. The fourth-order valence-electron chi connectivity index (χ4n) is 2.10. The summed E-state index contributed by atoms with van der Waals surface area (Å²) in [6, 6.07) is 14.5. The van der Waals surface area contributed by atoms with Gasteiger partial charge in [-0.25, -0.2) is 9.59 Å². The Morgan fingerprint density at radius 2 is 1.92 bits per heavy atom. The Bertz CT molecular complexity index is 759. The van der Waals surface area contributed by atoms with Gasteiger partial charge in [-0.1, -0.05) is 64.5 Å². The standard InChI is InChI=1S/C19H18BrNO4/c20-16-10-9-15(17(12-16)18(22)23)8-4-5-11-21-19(24)25-13-14-6-2-1-3-7-14/h1-4,6-10,12H,5,11,13H2,(H,21,24)(H,22,23). The molecule has 5 nitrogen and oxygen atoms in total. The first kappa shape index (κ1) is 18.7. The Labute approximate surface area is 154 Å². The summed E-state index contributed by atoms with van der Waals surface area (Å²) in [4.78, 5) is 22.8. The van der Waals surface area contributed by atoms with Crippen LogP contribution >= 0.6 is 15.9 Å². The van der Waals surface area contributed by atoms with Crippen molar-refractivity contribution < 1.29 is 19.4 Å². The number of carbonyl (C=O) groups is 2. The summed E-state index contributed by atoms with van der Waals surface area (Å²) in [5.41, 5.74) is 1.76. The van der Waals surface area contributed by atoms with Crippen LogP contribution in [0.2, 0.25) is 0 Å². The van der Waals surface area contributed by atoms with Crippen LogP contribution in [0, 0.1) is 0 Å². The minimum Gasteiger partial charge on any atom is -0.478 e. The quantitative estimate of drug-likeness (QED) is 0.668. The predicted octanol–water partition coefficient (Wildman–Crippen LogP) is 4.48. The molecule has 0 aliphatic carbocycles. The van der Waals surface area contributed by atoms with Crippen LogP contribution in [-0.2, 0) is 11.3 Å². The van der Waals surface area contributed by atoms with Crippen LogP contribution in [-0.4, -0.2) is 23.7 Å². The molecule has 25 heavy (non-hydrogen) atoms. The number of carbonyl (C=O) groups excluding carboxylic acids is 1. The Morgan fingerprint density at radius 1 is 1.16 bits per heavy atom. The van der Waals surface area contributed by atoms with Gasteiger partial charge >= 0.3 is 12.1 Å². The fraction of sp³-hybridized carbons (Fsp3) is 0.158. The van der Waals surface area contributed by atoms with Gasteiger partial charge < -0.3 is 15.2 Å². The topological polar surface area (TPSA) is 75.6 Å². The second-order valence-electron chi connectivity index (χ2n) is 5.22. The van der Waals surface area contributed by atoms with Crippen molar-refractivity contribution in [1.29, 1.82) is 0 Å². The third kappa shape index (κ3) is 6.43. The molecule has 0 radical (unpaired) electrons. The number of nitrogens with one attached hydrogen (secondary N) is 1. The van der Waals surface area contributed by atoms with Gasteiger partial charge in [0.15, 0.2) is 0 Å². The van der Waals surface area contributed by atoms with E-state index in [1.165, 1.54) is 0 Å². The van der Waals surface area contributed by atoms with Gasteiger partial charge in [-0.05, 0) is 29.7 Å². The Hall–Kier alpha value is -2.60. The smallest absolute Gasteiger partial charge is 0.407 e. The predicted molar refractivity (Wildman–Crippen MR) is 99.4 cm³/mol. The summed E-state index contributed by atoms with van der Waals surface area (Å²) in [7, 11) is 0. The van der Waals surface area contributed by atoms with Crippen molar-refractivity contribution in [3.63, 3.8) is 0 Å². The molecule has 2 N–H and O–H groups in total. The van der Waals surface area contributed by atoms with Crippen molar-refractivity contribution in [3.05, 3.63) is 75.8 Å². The minimum atomic E-state index is -0.983. The molecule has 0 heterocycles. The SMILES string of the molecule is O=C(NCCC=Cc1ccc(Br)cc1C(=O)O)OCc1ccccc1. The number of aromatic carboxylic acids is 1. The van der Waals surface area contributed by atoms with E-state index in [1.54, 1.807) is 24.3 Å². The van der Waals surface area contributed by atoms with Crippen LogP contribution in [0.1, 0.15) is 27.9 Å². The second kappa shape index (κ2) is 9.64. The van der Waals surface area contributed by atoms with Gasteiger partial charge in [0.25, 0.3) is 0 Å². The maximum Gasteiger partial charge on any atom is 0.407 e. The molecule has 0 saturated carbocycles. The summed E-state index contributed by atoms with van der Waals surface area (Å²) >= 11 is 3.26. The molecule has 0 fully saturated rings. The van der Waals surface area contributed by atoms with E-state index < -0.39 is 12.1 Å². The van der Waals surface area contributed by atoms with Gasteiger partial charge in [-0.2, -0.15) is 0 Å². The largest absolute Gasteiger partial charge is 0.478 e. The summed E-state index contributed by atoms with van der Waals surface area (Å²) < 4.78 is 5.81. The lowest BCUT2D eigenvalue weighted by atomic mass is 10.1. The van der Waals surface area contributed by atoms with Gasteiger partial charge in [-0.15, -0.1) is 0 Å². The summed E-state index contributed by atoms with van der Waals surface area (Å²) in [6.07, 6.45) is 3.63. The van der Waals surface area contributed by atoms with E-state index in [4.69, 9.17) is 4.74 Å². The molecular weight excluding hydrogens is 386 g/mol. The molecule has 0 atom stereocenters. The van der Waals surface area contributed by atoms with Crippen molar-refractivity contribution in [3.8, 4) is 0 Å². The molecule has 0 aliphatic heterocycles. The van der Waals surface area contributed by atoms with E-state index in [0.717, 1.165) is 5.56 Å². The number of hydrogen-bond donors (Lipinski definition) is 2. The molecule has 2 rings (SSSR count). The molecule has 0 saturated heterocycles.